The Morgan fingerprint density at radius 1 is 1.04 bits per heavy atom. The highest BCUT2D eigenvalue weighted by Gasteiger charge is 2.27. The lowest BCUT2D eigenvalue weighted by atomic mass is 9.94. The van der Waals surface area contributed by atoms with E-state index >= 15 is 0 Å². The molecule has 5 rings (SSSR count). The molecule has 2 aliphatic heterocycles. The van der Waals surface area contributed by atoms with Gasteiger partial charge in [-0.3, -0.25) is 15.1 Å². The number of aliphatic hydroxyl groups excluding tert-OH is 2. The third-order valence-corrected chi connectivity index (χ3v) is 9.17. The Labute approximate surface area is 289 Å². The van der Waals surface area contributed by atoms with E-state index in [0.717, 1.165) is 71.3 Å². The molecule has 0 radical (unpaired) electrons. The summed E-state index contributed by atoms with van der Waals surface area (Å²) in [5, 5.41) is 34.1. The first-order valence-electron chi connectivity index (χ1n) is 17.4. The average molecular weight is 667 g/mol. The highest BCUT2D eigenvalue weighted by molar-refractivity contribution is 6.09. The predicted octanol–water partition coefficient (Wildman–Crippen LogP) is 5.62. The van der Waals surface area contributed by atoms with Crippen LogP contribution in [0.5, 0.6) is 11.5 Å². The van der Waals surface area contributed by atoms with E-state index in [1.807, 2.05) is 47.6 Å². The number of Topliss-reactive ketones (excluding diaryl/α,β-unsaturated/α-hetero) is 1. The number of carbonyl (C=O) groups excluding carboxylic acids is 1. The van der Waals surface area contributed by atoms with E-state index in [1.54, 1.807) is 18.2 Å². The number of phenols is 1. The quantitative estimate of drug-likeness (QED) is 0.0773. The van der Waals surface area contributed by atoms with Crippen LogP contribution in [-0.4, -0.2) is 57.6 Å². The molecule has 0 saturated carbocycles. The van der Waals surface area contributed by atoms with Gasteiger partial charge in [-0.1, -0.05) is 80.8 Å². The summed E-state index contributed by atoms with van der Waals surface area (Å²) in [7, 11) is 0. The summed E-state index contributed by atoms with van der Waals surface area (Å²) in [6.45, 7) is 3.60. The Kier molecular flexibility index (Phi) is 13.2. The lowest BCUT2D eigenvalue weighted by Gasteiger charge is -2.18. The Balaban J connectivity index is 1.13. The van der Waals surface area contributed by atoms with Gasteiger partial charge in [-0.2, -0.15) is 0 Å². The maximum absolute atomic E-state index is 12.4. The molecule has 3 aromatic rings. The first-order chi connectivity index (χ1) is 23.8. The van der Waals surface area contributed by atoms with Crippen molar-refractivity contribution in [2.75, 3.05) is 19.8 Å². The fraction of sp³-hybridized carbons (Fsp3) is 0.400. The number of aliphatic imine (C=N–C) groups is 1. The van der Waals surface area contributed by atoms with Gasteiger partial charge in [-0.15, -0.1) is 0 Å². The molecule has 0 aromatic heterocycles. The van der Waals surface area contributed by atoms with Gasteiger partial charge in [0.25, 0.3) is 0 Å². The molecule has 49 heavy (non-hydrogen) atoms. The van der Waals surface area contributed by atoms with Gasteiger partial charge in [0.15, 0.2) is 18.2 Å². The van der Waals surface area contributed by atoms with Gasteiger partial charge in [0.2, 0.25) is 0 Å². The normalized spacial score (nSPS) is 15.0. The first kappa shape index (κ1) is 36.0. The fourth-order valence-electron chi connectivity index (χ4n) is 6.27. The Morgan fingerprint density at radius 2 is 1.88 bits per heavy atom. The van der Waals surface area contributed by atoms with E-state index in [4.69, 9.17) is 10.5 Å². The van der Waals surface area contributed by atoms with E-state index in [2.05, 4.69) is 35.4 Å². The largest absolute Gasteiger partial charge is 0.504 e. The second kappa shape index (κ2) is 17.9. The summed E-state index contributed by atoms with van der Waals surface area (Å²) in [4.78, 5) is 19.1. The summed E-state index contributed by atoms with van der Waals surface area (Å²) < 4.78 is 6.02. The van der Waals surface area contributed by atoms with E-state index in [-0.39, 0.29) is 37.5 Å². The molecule has 2 atom stereocenters. The predicted molar refractivity (Wildman–Crippen MR) is 193 cm³/mol. The molecule has 6 N–H and O–H groups in total. The number of aliphatic hydroxyl groups is 2. The van der Waals surface area contributed by atoms with Gasteiger partial charge >= 0.3 is 0 Å². The van der Waals surface area contributed by atoms with Crippen LogP contribution in [0.2, 0.25) is 0 Å². The Hall–Kier alpha value is -4.28. The van der Waals surface area contributed by atoms with Crippen LogP contribution >= 0.6 is 0 Å². The van der Waals surface area contributed by atoms with Crippen LogP contribution in [0.4, 0.5) is 0 Å². The first-order valence-corrected chi connectivity index (χ1v) is 17.4. The number of unbranched alkanes of at least 4 members (excludes halogenated alkanes) is 2. The number of benzene rings is 3. The number of aromatic hydroxyl groups is 1. The summed E-state index contributed by atoms with van der Waals surface area (Å²) in [6, 6.07) is 21.4. The van der Waals surface area contributed by atoms with Gasteiger partial charge < -0.3 is 30.7 Å². The van der Waals surface area contributed by atoms with Crippen molar-refractivity contribution < 1.29 is 24.9 Å². The molecule has 2 unspecified atom stereocenters. The number of ether oxygens (including phenoxy) is 1. The molecule has 0 amide bonds. The Morgan fingerprint density at radius 3 is 2.67 bits per heavy atom. The minimum Gasteiger partial charge on any atom is -0.504 e. The summed E-state index contributed by atoms with van der Waals surface area (Å²) in [6.07, 6.45) is 9.27. The second-order valence-electron chi connectivity index (χ2n) is 13.0. The summed E-state index contributed by atoms with van der Waals surface area (Å²) in [5.74, 6) is 0.432. The topological polar surface area (TPSA) is 141 Å². The molecule has 2 heterocycles. The monoisotopic (exact) mass is 666 g/mol. The third-order valence-electron chi connectivity index (χ3n) is 9.17. The summed E-state index contributed by atoms with van der Waals surface area (Å²) >= 11 is 0. The number of rotatable bonds is 20. The van der Waals surface area contributed by atoms with E-state index in [0.29, 0.717) is 38.0 Å². The number of hydrogen-bond acceptors (Lipinski definition) is 9. The van der Waals surface area contributed by atoms with Crippen molar-refractivity contribution in [2.24, 2.45) is 10.7 Å². The molecule has 0 fully saturated rings. The van der Waals surface area contributed by atoms with Crippen LogP contribution in [0.15, 0.2) is 95.3 Å². The SMILES string of the molecule is CCCCCC(O)CC(=O)CCc1ccc(O)c(OCN2C=C3C(Cc4cc(C(N)NCCc5ccccc5)ccc4CO)=CN=C3C2)c1. The number of hydrogen-bond donors (Lipinski definition) is 5. The van der Waals surface area contributed by atoms with Crippen molar-refractivity contribution in [3.8, 4) is 11.5 Å². The van der Waals surface area contributed by atoms with Gasteiger partial charge in [0, 0.05) is 43.8 Å². The summed E-state index contributed by atoms with van der Waals surface area (Å²) in [5.41, 5.74) is 14.5. The van der Waals surface area contributed by atoms with Gasteiger partial charge in [0.05, 0.1) is 31.1 Å². The minimum atomic E-state index is -0.579. The number of nitrogens with two attached hydrogens (primary N) is 1. The van der Waals surface area contributed by atoms with Crippen molar-refractivity contribution >= 4 is 11.5 Å². The average Bonchev–Trinajstić information content (AvgIpc) is 3.69. The molecule has 2 aliphatic rings. The molecular weight excluding hydrogens is 616 g/mol. The van der Waals surface area contributed by atoms with Crippen LogP contribution in [0.1, 0.15) is 79.4 Å². The zero-order chi connectivity index (χ0) is 34.6. The highest BCUT2D eigenvalue weighted by Crippen LogP contribution is 2.32. The Bertz CT molecular complexity index is 1650. The molecule has 260 valence electrons. The van der Waals surface area contributed by atoms with Crippen molar-refractivity contribution in [3.05, 3.63) is 118 Å². The molecule has 0 bridgehead atoms. The molecule has 0 aliphatic carbocycles. The minimum absolute atomic E-state index is 0.0376. The van der Waals surface area contributed by atoms with Gasteiger partial charge in [-0.25, -0.2) is 0 Å². The second-order valence-corrected chi connectivity index (χ2v) is 13.0. The van der Waals surface area contributed by atoms with Gasteiger partial charge in [-0.05, 0) is 64.8 Å². The number of carbonyl (C=O) groups is 1. The van der Waals surface area contributed by atoms with Crippen LogP contribution in [0.25, 0.3) is 0 Å². The van der Waals surface area contributed by atoms with Crippen LogP contribution < -0.4 is 15.8 Å². The zero-order valence-corrected chi connectivity index (χ0v) is 28.5. The van der Waals surface area contributed by atoms with Crippen LogP contribution in [-0.2, 0) is 30.7 Å². The molecule has 0 saturated heterocycles. The number of fused-ring (bicyclic) bond motifs is 1. The van der Waals surface area contributed by atoms with Crippen molar-refractivity contribution in [2.45, 2.75) is 83.6 Å². The highest BCUT2D eigenvalue weighted by atomic mass is 16.5. The maximum atomic E-state index is 12.4. The number of aryl methyl sites for hydroxylation is 1. The van der Waals surface area contributed by atoms with E-state index in [1.165, 1.54) is 5.56 Å². The van der Waals surface area contributed by atoms with Gasteiger partial charge in [0.1, 0.15) is 5.78 Å². The number of ketones is 1. The van der Waals surface area contributed by atoms with Crippen molar-refractivity contribution in [1.29, 1.82) is 0 Å². The van der Waals surface area contributed by atoms with Crippen LogP contribution in [0, 0.1) is 0 Å². The zero-order valence-electron chi connectivity index (χ0n) is 28.5. The fourth-order valence-corrected chi connectivity index (χ4v) is 6.27. The number of phenolic OH excluding ortho intramolecular Hbond substituents is 1. The standard InChI is InChI=1S/C40H50N4O5/c1-2-3-5-10-34(46)22-35(47)15-11-29-12-16-38(48)39(19-29)49-27-44-24-36-33(23-43-37(36)25-44)21-32-20-30(13-14-31(32)26-45)40(41)42-18-17-28-8-6-4-7-9-28/h4,6-9,12-14,16,19-20,23-24,34,40,42,45-46,48H,2-3,5,10-11,15,17-18,21-22,25-27,41H2,1H3. The lowest BCUT2D eigenvalue weighted by molar-refractivity contribution is -0.121. The smallest absolute Gasteiger partial charge is 0.163 e. The third kappa shape index (κ3) is 10.4. The lowest BCUT2D eigenvalue weighted by Crippen LogP contribution is -2.30. The number of nitrogens with zero attached hydrogens (tertiary/aromatic N) is 2. The van der Waals surface area contributed by atoms with E-state index in [9.17, 15) is 20.1 Å². The molecule has 0 spiro atoms. The van der Waals surface area contributed by atoms with E-state index < -0.39 is 6.10 Å². The molecule has 3 aromatic carbocycles. The molecule has 9 heteroatoms. The van der Waals surface area contributed by atoms with Crippen LogP contribution in [0.3, 0.4) is 0 Å². The van der Waals surface area contributed by atoms with Crippen molar-refractivity contribution in [1.82, 2.24) is 10.2 Å². The number of nitrogens with one attached hydrogen (secondary N) is 1. The molecular formula is C40H50N4O5. The molecule has 9 nitrogen and oxygen atoms in total. The maximum Gasteiger partial charge on any atom is 0.163 e. The number of allylic oxidation sites excluding steroid dienone is 1. The van der Waals surface area contributed by atoms with Crippen molar-refractivity contribution in [3.63, 3.8) is 0 Å².